The number of nitrogens with zero attached hydrogens (tertiary/aromatic N) is 2. The number of carbonyl (C=O) groups is 1. The summed E-state index contributed by atoms with van der Waals surface area (Å²) in [5.41, 5.74) is 1.76. The topological polar surface area (TPSA) is 54.5 Å². The van der Waals surface area contributed by atoms with Crippen LogP contribution >= 0.6 is 11.6 Å². The Balaban J connectivity index is 1.52. The van der Waals surface area contributed by atoms with E-state index in [2.05, 4.69) is 10.3 Å². The lowest BCUT2D eigenvalue weighted by Gasteiger charge is -2.30. The summed E-state index contributed by atoms with van der Waals surface area (Å²) < 4.78 is 44.8. The van der Waals surface area contributed by atoms with Gasteiger partial charge in [0.25, 0.3) is 0 Å². The van der Waals surface area contributed by atoms with Crippen molar-refractivity contribution < 1.29 is 22.7 Å². The molecule has 1 amide bonds. The van der Waals surface area contributed by atoms with Gasteiger partial charge in [0.05, 0.1) is 24.3 Å². The predicted molar refractivity (Wildman–Crippen MR) is 133 cm³/mol. The lowest BCUT2D eigenvalue weighted by atomic mass is 9.96. The predicted octanol–water partition coefficient (Wildman–Crippen LogP) is 5.83. The molecule has 190 valence electrons. The molecule has 9 heteroatoms. The summed E-state index contributed by atoms with van der Waals surface area (Å²) in [6, 6.07) is 15.9. The fraction of sp³-hybridized carbons (Fsp3) is 0.333. The SMILES string of the molecule is O=C(C1CCNCC1)N(CCOc1cccc(C(F)(F)F)c1)Cc1ncccc1-c1ccc(Cl)cc1. The lowest BCUT2D eigenvalue weighted by molar-refractivity contribution is -0.138. The zero-order chi connectivity index (χ0) is 25.5. The molecule has 1 aromatic heterocycles. The number of alkyl halides is 3. The fourth-order valence-corrected chi connectivity index (χ4v) is 4.39. The Morgan fingerprint density at radius 3 is 2.56 bits per heavy atom. The van der Waals surface area contributed by atoms with Gasteiger partial charge in [-0.15, -0.1) is 0 Å². The van der Waals surface area contributed by atoms with Crippen LogP contribution < -0.4 is 10.1 Å². The summed E-state index contributed by atoms with van der Waals surface area (Å²) in [6.07, 6.45) is -1.30. The van der Waals surface area contributed by atoms with Crippen molar-refractivity contribution in [3.8, 4) is 16.9 Å². The molecule has 0 unspecified atom stereocenters. The van der Waals surface area contributed by atoms with E-state index in [1.807, 2.05) is 24.3 Å². The Bertz CT molecular complexity index is 1170. The summed E-state index contributed by atoms with van der Waals surface area (Å²) >= 11 is 6.04. The van der Waals surface area contributed by atoms with Crippen molar-refractivity contribution in [3.05, 3.63) is 83.1 Å². The number of amides is 1. The average molecular weight is 518 g/mol. The van der Waals surface area contributed by atoms with Gasteiger partial charge < -0.3 is 15.0 Å². The van der Waals surface area contributed by atoms with Crippen molar-refractivity contribution in [1.29, 1.82) is 0 Å². The molecule has 0 aliphatic carbocycles. The maximum absolute atomic E-state index is 13.5. The van der Waals surface area contributed by atoms with Crippen LogP contribution in [0.15, 0.2) is 66.9 Å². The lowest BCUT2D eigenvalue weighted by Crippen LogP contribution is -2.42. The Labute approximate surface area is 213 Å². The number of piperidine rings is 1. The van der Waals surface area contributed by atoms with Gasteiger partial charge in [-0.25, -0.2) is 0 Å². The largest absolute Gasteiger partial charge is 0.492 e. The molecule has 4 rings (SSSR count). The molecule has 1 saturated heterocycles. The number of aromatic nitrogens is 1. The normalized spacial score (nSPS) is 14.4. The van der Waals surface area contributed by atoms with E-state index in [1.54, 1.807) is 23.2 Å². The van der Waals surface area contributed by atoms with Crippen LogP contribution in [0.1, 0.15) is 24.1 Å². The van der Waals surface area contributed by atoms with E-state index in [0.29, 0.717) is 5.02 Å². The van der Waals surface area contributed by atoms with E-state index in [-0.39, 0.29) is 37.3 Å². The Morgan fingerprint density at radius 1 is 1.08 bits per heavy atom. The minimum Gasteiger partial charge on any atom is -0.492 e. The Kier molecular flexibility index (Phi) is 8.48. The quantitative estimate of drug-likeness (QED) is 0.408. The summed E-state index contributed by atoms with van der Waals surface area (Å²) in [4.78, 5) is 19.7. The van der Waals surface area contributed by atoms with E-state index in [0.717, 1.165) is 54.9 Å². The first-order valence-electron chi connectivity index (χ1n) is 11.8. The monoisotopic (exact) mass is 517 g/mol. The van der Waals surface area contributed by atoms with Crippen LogP contribution in [-0.4, -0.2) is 42.0 Å². The van der Waals surface area contributed by atoms with Crippen LogP contribution in [-0.2, 0) is 17.5 Å². The zero-order valence-electron chi connectivity index (χ0n) is 19.6. The number of rotatable bonds is 8. The number of hydrogen-bond donors (Lipinski definition) is 1. The molecule has 0 saturated carbocycles. The molecule has 1 aliphatic heterocycles. The molecule has 2 heterocycles. The van der Waals surface area contributed by atoms with Gasteiger partial charge in [0.15, 0.2) is 0 Å². The molecule has 36 heavy (non-hydrogen) atoms. The number of ether oxygens (including phenoxy) is 1. The van der Waals surface area contributed by atoms with Crippen LogP contribution in [0.25, 0.3) is 11.1 Å². The third kappa shape index (κ3) is 6.77. The highest BCUT2D eigenvalue weighted by molar-refractivity contribution is 6.30. The molecule has 1 aliphatic rings. The number of halogens is 4. The van der Waals surface area contributed by atoms with E-state index in [1.165, 1.54) is 12.1 Å². The minimum atomic E-state index is -4.45. The number of nitrogens with one attached hydrogen (secondary N) is 1. The van der Waals surface area contributed by atoms with Crippen molar-refractivity contribution in [2.45, 2.75) is 25.6 Å². The fourth-order valence-electron chi connectivity index (χ4n) is 4.27. The summed E-state index contributed by atoms with van der Waals surface area (Å²) in [5, 5.41) is 3.89. The molecule has 1 fully saturated rings. The van der Waals surface area contributed by atoms with E-state index >= 15 is 0 Å². The van der Waals surface area contributed by atoms with Crippen LogP contribution in [0.2, 0.25) is 5.02 Å². The third-order valence-corrected chi connectivity index (χ3v) is 6.43. The van der Waals surface area contributed by atoms with Gasteiger partial charge in [0.2, 0.25) is 5.91 Å². The van der Waals surface area contributed by atoms with Crippen molar-refractivity contribution in [3.63, 3.8) is 0 Å². The molecule has 0 spiro atoms. The summed E-state index contributed by atoms with van der Waals surface area (Å²) in [6.45, 7) is 2.07. The van der Waals surface area contributed by atoms with Crippen LogP contribution in [0.4, 0.5) is 13.2 Å². The number of benzene rings is 2. The van der Waals surface area contributed by atoms with Crippen LogP contribution in [0.5, 0.6) is 5.75 Å². The highest BCUT2D eigenvalue weighted by Crippen LogP contribution is 2.31. The van der Waals surface area contributed by atoms with Crippen molar-refractivity contribution in [1.82, 2.24) is 15.2 Å². The zero-order valence-corrected chi connectivity index (χ0v) is 20.4. The van der Waals surface area contributed by atoms with Crippen molar-refractivity contribution in [2.75, 3.05) is 26.2 Å². The maximum Gasteiger partial charge on any atom is 0.416 e. The van der Waals surface area contributed by atoms with Gasteiger partial charge in [-0.05, 0) is 67.9 Å². The van der Waals surface area contributed by atoms with Gasteiger partial charge in [-0.1, -0.05) is 35.9 Å². The van der Waals surface area contributed by atoms with Gasteiger partial charge in [-0.3, -0.25) is 9.78 Å². The molecule has 1 N–H and O–H groups in total. The highest BCUT2D eigenvalue weighted by Gasteiger charge is 2.31. The van der Waals surface area contributed by atoms with Gasteiger partial charge in [0, 0.05) is 22.7 Å². The molecule has 5 nitrogen and oxygen atoms in total. The summed E-state index contributed by atoms with van der Waals surface area (Å²) in [7, 11) is 0. The molecular formula is C27H27ClF3N3O2. The van der Waals surface area contributed by atoms with E-state index in [4.69, 9.17) is 16.3 Å². The number of pyridine rings is 1. The maximum atomic E-state index is 13.5. The van der Waals surface area contributed by atoms with Gasteiger partial charge in [0.1, 0.15) is 12.4 Å². The number of hydrogen-bond acceptors (Lipinski definition) is 4. The van der Waals surface area contributed by atoms with E-state index < -0.39 is 11.7 Å². The Hall–Kier alpha value is -3.10. The second-order valence-corrected chi connectivity index (χ2v) is 9.10. The summed E-state index contributed by atoms with van der Waals surface area (Å²) in [5.74, 6) is -0.0156. The van der Waals surface area contributed by atoms with Crippen molar-refractivity contribution >= 4 is 17.5 Å². The first-order valence-corrected chi connectivity index (χ1v) is 12.2. The molecule has 0 atom stereocenters. The first kappa shape index (κ1) is 26.0. The van der Waals surface area contributed by atoms with Crippen LogP contribution in [0.3, 0.4) is 0 Å². The standard InChI is InChI=1S/C27H27ClF3N3O2/c28-22-8-6-19(7-9-22)24-5-2-12-33-25(24)18-34(26(35)20-10-13-32-14-11-20)15-16-36-23-4-1-3-21(17-23)27(29,30)31/h1-9,12,17,20,32H,10-11,13-16,18H2. The molecule has 0 bridgehead atoms. The second-order valence-electron chi connectivity index (χ2n) is 8.66. The van der Waals surface area contributed by atoms with Crippen molar-refractivity contribution in [2.24, 2.45) is 5.92 Å². The number of carbonyl (C=O) groups excluding carboxylic acids is 1. The smallest absolute Gasteiger partial charge is 0.416 e. The average Bonchev–Trinajstić information content (AvgIpc) is 2.89. The second kappa shape index (κ2) is 11.8. The van der Waals surface area contributed by atoms with Gasteiger partial charge >= 0.3 is 6.18 Å². The molecule has 3 aromatic rings. The molecular weight excluding hydrogens is 491 g/mol. The molecule has 0 radical (unpaired) electrons. The third-order valence-electron chi connectivity index (χ3n) is 6.18. The molecule has 2 aromatic carbocycles. The van der Waals surface area contributed by atoms with Gasteiger partial charge in [-0.2, -0.15) is 13.2 Å². The van der Waals surface area contributed by atoms with Crippen LogP contribution in [0, 0.1) is 5.92 Å². The Morgan fingerprint density at radius 2 is 1.83 bits per heavy atom. The first-order chi connectivity index (χ1) is 17.3. The van der Waals surface area contributed by atoms with E-state index in [9.17, 15) is 18.0 Å². The minimum absolute atomic E-state index is 0.00292. The highest BCUT2D eigenvalue weighted by atomic mass is 35.5.